The molecule has 13 heteroatoms. The fourth-order valence-electron chi connectivity index (χ4n) is 4.04. The summed E-state index contributed by atoms with van der Waals surface area (Å²) < 4.78 is 1.38. The zero-order chi connectivity index (χ0) is 25.7. The number of nitrogens with two attached hydrogens (primary N) is 3. The Balaban J connectivity index is 1.80. The van der Waals surface area contributed by atoms with Gasteiger partial charge in [-0.25, -0.2) is 4.98 Å². The number of nitrogen functional groups attached to an aromatic ring is 2. The second-order valence-electron chi connectivity index (χ2n) is 8.37. The molecule has 0 radical (unpaired) electrons. The minimum Gasteiger partial charge on any atom is -0.382 e. The number of amides is 1. The summed E-state index contributed by atoms with van der Waals surface area (Å²) in [6.07, 6.45) is 1.70. The van der Waals surface area contributed by atoms with E-state index in [1.54, 1.807) is 24.3 Å². The van der Waals surface area contributed by atoms with Crippen LogP contribution in [0.5, 0.6) is 0 Å². The molecule has 1 atom stereocenters. The van der Waals surface area contributed by atoms with E-state index in [-0.39, 0.29) is 55.0 Å². The molecular formula is C23H19Cl3N8O2. The van der Waals surface area contributed by atoms with Gasteiger partial charge in [0, 0.05) is 5.56 Å². The van der Waals surface area contributed by atoms with Gasteiger partial charge in [-0.15, -0.1) is 0 Å². The van der Waals surface area contributed by atoms with Gasteiger partial charge in [-0.1, -0.05) is 40.9 Å². The van der Waals surface area contributed by atoms with Crippen molar-refractivity contribution in [1.82, 2.24) is 19.5 Å². The lowest BCUT2D eigenvalue weighted by atomic mass is 10.1. The lowest BCUT2D eigenvalue weighted by Crippen LogP contribution is -2.30. The van der Waals surface area contributed by atoms with E-state index in [2.05, 4.69) is 15.3 Å². The smallest absolute Gasteiger partial charge is 0.267 e. The third kappa shape index (κ3) is 4.27. The zero-order valence-corrected chi connectivity index (χ0v) is 20.8. The number of carbonyl (C=O) groups is 1. The molecule has 10 nitrogen and oxygen atoms in total. The van der Waals surface area contributed by atoms with Crippen molar-refractivity contribution in [3.63, 3.8) is 0 Å². The first kappa shape index (κ1) is 24.1. The van der Waals surface area contributed by atoms with Crippen LogP contribution in [0.1, 0.15) is 35.1 Å². The molecule has 2 heterocycles. The van der Waals surface area contributed by atoms with Gasteiger partial charge in [0.25, 0.3) is 5.56 Å². The molecule has 1 saturated carbocycles. The monoisotopic (exact) mass is 544 g/mol. The summed E-state index contributed by atoms with van der Waals surface area (Å²) in [6.45, 7) is 0. The summed E-state index contributed by atoms with van der Waals surface area (Å²) in [4.78, 5) is 38.7. The molecule has 2 aromatic heterocycles. The Morgan fingerprint density at radius 1 is 1.06 bits per heavy atom. The van der Waals surface area contributed by atoms with Crippen LogP contribution in [0.3, 0.4) is 0 Å². The maximum absolute atomic E-state index is 13.9. The second kappa shape index (κ2) is 9.12. The molecule has 1 fully saturated rings. The lowest BCUT2D eigenvalue weighted by molar-refractivity contribution is 0.1000. The average molecular weight is 546 g/mol. The molecule has 1 amide bonds. The highest BCUT2D eigenvalue weighted by molar-refractivity contribution is 6.39. The average Bonchev–Trinajstić information content (AvgIpc) is 3.68. The Morgan fingerprint density at radius 3 is 2.47 bits per heavy atom. The van der Waals surface area contributed by atoms with Crippen molar-refractivity contribution in [3.05, 3.63) is 73.2 Å². The van der Waals surface area contributed by atoms with Gasteiger partial charge in [0.05, 0.1) is 32.7 Å². The number of nitrogens with one attached hydrogen (secondary N) is 1. The van der Waals surface area contributed by atoms with Gasteiger partial charge in [-0.2, -0.15) is 9.97 Å². The van der Waals surface area contributed by atoms with Crippen molar-refractivity contribution in [3.8, 4) is 5.69 Å². The molecule has 0 saturated heterocycles. The maximum atomic E-state index is 13.9. The quantitative estimate of drug-likeness (QED) is 0.282. The Labute approximate surface area is 219 Å². The van der Waals surface area contributed by atoms with E-state index in [1.165, 1.54) is 16.7 Å². The summed E-state index contributed by atoms with van der Waals surface area (Å²) in [5, 5.41) is 3.92. The number of primary amides is 1. The molecule has 7 N–H and O–H groups in total. The molecule has 0 bridgehead atoms. The highest BCUT2D eigenvalue weighted by atomic mass is 35.5. The Kier molecular flexibility index (Phi) is 6.11. The lowest BCUT2D eigenvalue weighted by Gasteiger charge is -2.24. The summed E-state index contributed by atoms with van der Waals surface area (Å²) in [5.41, 5.74) is 17.5. The van der Waals surface area contributed by atoms with Crippen molar-refractivity contribution < 1.29 is 4.79 Å². The molecule has 36 heavy (non-hydrogen) atoms. The van der Waals surface area contributed by atoms with E-state index in [0.29, 0.717) is 11.5 Å². The number of halogens is 3. The van der Waals surface area contributed by atoms with Crippen LogP contribution in [0.15, 0.2) is 41.2 Å². The van der Waals surface area contributed by atoms with Crippen LogP contribution in [0.25, 0.3) is 16.6 Å². The Bertz CT molecular complexity index is 1600. The van der Waals surface area contributed by atoms with Gasteiger partial charge in [0.1, 0.15) is 16.7 Å². The summed E-state index contributed by atoms with van der Waals surface area (Å²) >= 11 is 19.2. The third-order valence-corrected chi connectivity index (χ3v) is 6.89. The molecule has 1 aliphatic rings. The Hall–Kier alpha value is -3.60. The first-order valence-electron chi connectivity index (χ1n) is 10.8. The van der Waals surface area contributed by atoms with Crippen LogP contribution < -0.4 is 28.1 Å². The molecule has 5 rings (SSSR count). The first-order chi connectivity index (χ1) is 17.2. The highest BCUT2D eigenvalue weighted by Gasteiger charge is 2.37. The summed E-state index contributed by atoms with van der Waals surface area (Å²) in [5.74, 6) is -0.116. The van der Waals surface area contributed by atoms with Gasteiger partial charge >= 0.3 is 0 Å². The van der Waals surface area contributed by atoms with Crippen molar-refractivity contribution in [2.45, 2.75) is 18.9 Å². The van der Waals surface area contributed by atoms with Gasteiger partial charge in [0.15, 0.2) is 5.82 Å². The number of benzene rings is 2. The molecular weight excluding hydrogens is 527 g/mol. The highest BCUT2D eigenvalue weighted by Crippen LogP contribution is 2.44. The van der Waals surface area contributed by atoms with Gasteiger partial charge in [-0.3, -0.25) is 14.2 Å². The van der Waals surface area contributed by atoms with Crippen molar-refractivity contribution in [2.24, 2.45) is 11.7 Å². The van der Waals surface area contributed by atoms with Crippen molar-refractivity contribution >= 4 is 69.2 Å². The minimum absolute atomic E-state index is 0.00839. The van der Waals surface area contributed by atoms with Crippen molar-refractivity contribution in [1.29, 1.82) is 0 Å². The molecule has 4 aromatic rings. The number of fused-ring (bicyclic) bond motifs is 1. The fourth-order valence-corrected chi connectivity index (χ4v) is 4.61. The summed E-state index contributed by atoms with van der Waals surface area (Å²) in [6, 6.07) is 8.90. The van der Waals surface area contributed by atoms with E-state index in [1.807, 2.05) is 0 Å². The number of aromatic nitrogens is 4. The van der Waals surface area contributed by atoms with Crippen LogP contribution in [-0.4, -0.2) is 25.4 Å². The van der Waals surface area contributed by atoms with E-state index >= 15 is 0 Å². The molecule has 1 unspecified atom stereocenters. The minimum atomic E-state index is -0.642. The van der Waals surface area contributed by atoms with Gasteiger partial charge in [-0.05, 0) is 49.1 Å². The second-order valence-corrected chi connectivity index (χ2v) is 9.56. The van der Waals surface area contributed by atoms with Crippen LogP contribution >= 0.6 is 34.8 Å². The number of hydrogen-bond acceptors (Lipinski definition) is 8. The van der Waals surface area contributed by atoms with E-state index in [0.717, 1.165) is 12.8 Å². The fraction of sp³-hybridized carbons (Fsp3) is 0.174. The zero-order valence-electron chi connectivity index (χ0n) is 18.5. The first-order valence-corrected chi connectivity index (χ1v) is 11.9. The van der Waals surface area contributed by atoms with Crippen LogP contribution in [0.2, 0.25) is 15.1 Å². The van der Waals surface area contributed by atoms with E-state index in [4.69, 9.17) is 57.0 Å². The molecule has 184 valence electrons. The van der Waals surface area contributed by atoms with Gasteiger partial charge in [0.2, 0.25) is 11.9 Å². The molecule has 1 aliphatic carbocycles. The third-order valence-electron chi connectivity index (χ3n) is 5.90. The number of nitrogens with zero attached hydrogens (tertiary/aromatic N) is 4. The normalized spacial score (nSPS) is 14.1. The van der Waals surface area contributed by atoms with Crippen LogP contribution in [0.4, 0.5) is 17.6 Å². The topological polar surface area (TPSA) is 168 Å². The standard InChI is InChI=1S/C23H19Cl3N8O2/c24-12-6-7-13(25)17-14(12)22(36)34(11-3-1-2-10(8-11)19(28)35)21(31-17)16(9-4-5-9)30-20-15(26)18(27)32-23(29)33-20/h1-3,6-9,16H,4-5H2,(H2,28,35)(H5,27,29,30,32,33). The predicted molar refractivity (Wildman–Crippen MR) is 141 cm³/mol. The maximum Gasteiger partial charge on any atom is 0.267 e. The Morgan fingerprint density at radius 2 is 1.78 bits per heavy atom. The van der Waals surface area contributed by atoms with E-state index < -0.39 is 17.5 Å². The van der Waals surface area contributed by atoms with E-state index in [9.17, 15) is 9.59 Å². The number of anilines is 3. The van der Waals surface area contributed by atoms with Crippen LogP contribution in [0, 0.1) is 5.92 Å². The number of hydrogen-bond donors (Lipinski definition) is 4. The number of carbonyl (C=O) groups excluding carboxylic acids is 1. The van der Waals surface area contributed by atoms with Crippen molar-refractivity contribution in [2.75, 3.05) is 16.8 Å². The SMILES string of the molecule is NC(=O)c1cccc(-n2c(C(Nc3nc(N)nc(N)c3Cl)C3CC3)nc3c(Cl)ccc(Cl)c3c2=O)c1. The van der Waals surface area contributed by atoms with Crippen LogP contribution in [-0.2, 0) is 0 Å². The molecule has 2 aromatic carbocycles. The predicted octanol–water partition coefficient (Wildman–Crippen LogP) is 3.96. The number of rotatable bonds is 6. The summed E-state index contributed by atoms with van der Waals surface area (Å²) in [7, 11) is 0. The molecule has 0 spiro atoms. The molecule has 0 aliphatic heterocycles. The van der Waals surface area contributed by atoms with Gasteiger partial charge < -0.3 is 22.5 Å². The largest absolute Gasteiger partial charge is 0.382 e.